The topological polar surface area (TPSA) is 0 Å². The molecule has 1 unspecified atom stereocenters. The van der Waals surface area contributed by atoms with Gasteiger partial charge in [0.2, 0.25) is 0 Å². The van der Waals surface area contributed by atoms with Crippen LogP contribution >= 0.6 is 0 Å². The highest BCUT2D eigenvalue weighted by Crippen LogP contribution is 2.53. The van der Waals surface area contributed by atoms with Crippen molar-refractivity contribution in [1.29, 1.82) is 0 Å². The van der Waals surface area contributed by atoms with Crippen molar-refractivity contribution in [2.75, 3.05) is 0 Å². The van der Waals surface area contributed by atoms with Gasteiger partial charge in [-0.1, -0.05) is 13.8 Å². The number of hydrogen-bond acceptors (Lipinski definition) is 0. The van der Waals surface area contributed by atoms with E-state index in [0.717, 1.165) is 0 Å². The van der Waals surface area contributed by atoms with Crippen LogP contribution < -0.4 is 0 Å². The molecule has 1 aliphatic carbocycles. The molecule has 1 rings (SSSR count). The first-order chi connectivity index (χ1) is 4.34. The standard InChI is InChI=1S/C7H11F3/c1-6(2)4-3-5(6)7(8,9)10/h5H,3-4H2,1-2H3. The summed E-state index contributed by atoms with van der Waals surface area (Å²) in [6, 6.07) is 0. The van der Waals surface area contributed by atoms with Gasteiger partial charge in [0.05, 0.1) is 5.92 Å². The molecule has 1 aliphatic rings. The molecular formula is C7H11F3. The summed E-state index contributed by atoms with van der Waals surface area (Å²) in [6.07, 6.45) is -2.95. The molecule has 3 heteroatoms. The molecule has 0 aromatic rings. The van der Waals surface area contributed by atoms with Gasteiger partial charge in [0.25, 0.3) is 0 Å². The van der Waals surface area contributed by atoms with Gasteiger partial charge in [-0.15, -0.1) is 0 Å². The molecule has 0 N–H and O–H groups in total. The van der Waals surface area contributed by atoms with Crippen molar-refractivity contribution in [3.63, 3.8) is 0 Å². The van der Waals surface area contributed by atoms with Crippen LogP contribution in [0.15, 0.2) is 0 Å². The van der Waals surface area contributed by atoms with Crippen LogP contribution in [0.2, 0.25) is 0 Å². The first-order valence-electron chi connectivity index (χ1n) is 3.41. The van der Waals surface area contributed by atoms with Gasteiger partial charge in [0, 0.05) is 0 Å². The minimum Gasteiger partial charge on any atom is -0.171 e. The lowest BCUT2D eigenvalue weighted by atomic mass is 9.62. The Bertz CT molecular complexity index is 124. The summed E-state index contributed by atoms with van der Waals surface area (Å²) in [5, 5.41) is 0. The second kappa shape index (κ2) is 1.89. The second-order valence-electron chi connectivity index (χ2n) is 3.62. The molecule has 10 heavy (non-hydrogen) atoms. The fraction of sp³-hybridized carbons (Fsp3) is 1.00. The fourth-order valence-corrected chi connectivity index (χ4v) is 1.47. The average molecular weight is 152 g/mol. The summed E-state index contributed by atoms with van der Waals surface area (Å²) in [5.41, 5.74) is -0.502. The maximum Gasteiger partial charge on any atom is 0.392 e. The van der Waals surface area contributed by atoms with Gasteiger partial charge < -0.3 is 0 Å². The van der Waals surface area contributed by atoms with Crippen molar-refractivity contribution in [2.24, 2.45) is 11.3 Å². The Kier molecular flexibility index (Phi) is 1.49. The third-order valence-electron chi connectivity index (χ3n) is 2.42. The van der Waals surface area contributed by atoms with Crippen LogP contribution in [-0.2, 0) is 0 Å². The van der Waals surface area contributed by atoms with Gasteiger partial charge in [0.1, 0.15) is 0 Å². The zero-order valence-corrected chi connectivity index (χ0v) is 6.13. The monoisotopic (exact) mass is 152 g/mol. The van der Waals surface area contributed by atoms with E-state index in [1.807, 2.05) is 0 Å². The summed E-state index contributed by atoms with van der Waals surface area (Å²) < 4.78 is 36.0. The highest BCUT2D eigenvalue weighted by molar-refractivity contribution is 4.92. The van der Waals surface area contributed by atoms with Crippen molar-refractivity contribution in [1.82, 2.24) is 0 Å². The molecule has 0 aromatic carbocycles. The lowest BCUT2D eigenvalue weighted by Gasteiger charge is -2.45. The molecule has 1 atom stereocenters. The first kappa shape index (κ1) is 7.89. The maximum absolute atomic E-state index is 12.0. The van der Waals surface area contributed by atoms with Gasteiger partial charge >= 0.3 is 6.18 Å². The highest BCUT2D eigenvalue weighted by atomic mass is 19.4. The third-order valence-corrected chi connectivity index (χ3v) is 2.42. The van der Waals surface area contributed by atoms with Crippen molar-refractivity contribution in [3.05, 3.63) is 0 Å². The Labute approximate surface area is 58.4 Å². The minimum atomic E-state index is -3.97. The van der Waals surface area contributed by atoms with Gasteiger partial charge in [-0.25, -0.2) is 0 Å². The number of rotatable bonds is 0. The van der Waals surface area contributed by atoms with Crippen LogP contribution in [0.1, 0.15) is 26.7 Å². The van der Waals surface area contributed by atoms with Gasteiger partial charge in [0.15, 0.2) is 0 Å². The van der Waals surface area contributed by atoms with E-state index in [1.165, 1.54) is 0 Å². The van der Waals surface area contributed by atoms with Crippen LogP contribution in [0.4, 0.5) is 13.2 Å². The van der Waals surface area contributed by atoms with Crippen LogP contribution in [0.5, 0.6) is 0 Å². The van der Waals surface area contributed by atoms with Crippen molar-refractivity contribution >= 4 is 0 Å². The molecule has 60 valence electrons. The molecule has 0 amide bonds. The van der Waals surface area contributed by atoms with Gasteiger partial charge in [-0.2, -0.15) is 13.2 Å². The number of alkyl halides is 3. The second-order valence-corrected chi connectivity index (χ2v) is 3.62. The van der Waals surface area contributed by atoms with E-state index in [4.69, 9.17) is 0 Å². The van der Waals surface area contributed by atoms with E-state index < -0.39 is 17.5 Å². The number of halogens is 3. The van der Waals surface area contributed by atoms with Crippen molar-refractivity contribution in [2.45, 2.75) is 32.9 Å². The highest BCUT2D eigenvalue weighted by Gasteiger charge is 2.54. The van der Waals surface area contributed by atoms with E-state index in [1.54, 1.807) is 13.8 Å². The van der Waals surface area contributed by atoms with E-state index >= 15 is 0 Å². The first-order valence-corrected chi connectivity index (χ1v) is 3.41. The van der Waals surface area contributed by atoms with Crippen LogP contribution in [0, 0.1) is 11.3 Å². The summed E-state index contributed by atoms with van der Waals surface area (Å²) in [5.74, 6) is -1.06. The van der Waals surface area contributed by atoms with Gasteiger partial charge in [-0.05, 0) is 18.3 Å². The van der Waals surface area contributed by atoms with Crippen molar-refractivity contribution < 1.29 is 13.2 Å². The lowest BCUT2D eigenvalue weighted by Crippen LogP contribution is -2.44. The quantitative estimate of drug-likeness (QED) is 0.500. The normalized spacial score (nSPS) is 31.5. The molecule has 1 fully saturated rings. The predicted octanol–water partition coefficient (Wildman–Crippen LogP) is 2.98. The van der Waals surface area contributed by atoms with E-state index in [0.29, 0.717) is 12.8 Å². The largest absolute Gasteiger partial charge is 0.392 e. The molecule has 0 nitrogen and oxygen atoms in total. The SMILES string of the molecule is CC1(C)CCC1C(F)(F)F. The van der Waals surface area contributed by atoms with Crippen LogP contribution in [-0.4, -0.2) is 6.18 Å². The number of hydrogen-bond donors (Lipinski definition) is 0. The zero-order chi connectivity index (χ0) is 7.99. The zero-order valence-electron chi connectivity index (χ0n) is 6.13. The molecule has 0 saturated heterocycles. The van der Waals surface area contributed by atoms with E-state index in [9.17, 15) is 13.2 Å². The lowest BCUT2D eigenvalue weighted by molar-refractivity contribution is -0.233. The molecule has 1 saturated carbocycles. The van der Waals surface area contributed by atoms with E-state index in [-0.39, 0.29) is 0 Å². The Morgan fingerprint density at radius 3 is 1.80 bits per heavy atom. The molecule has 0 aromatic heterocycles. The summed E-state index contributed by atoms with van der Waals surface area (Å²) in [6.45, 7) is 3.35. The average Bonchev–Trinajstić information content (AvgIpc) is 1.58. The smallest absolute Gasteiger partial charge is 0.171 e. The molecule has 0 radical (unpaired) electrons. The third kappa shape index (κ3) is 1.13. The Morgan fingerprint density at radius 1 is 1.30 bits per heavy atom. The van der Waals surface area contributed by atoms with Crippen molar-refractivity contribution in [3.8, 4) is 0 Å². The summed E-state index contributed by atoms with van der Waals surface area (Å²) >= 11 is 0. The van der Waals surface area contributed by atoms with E-state index in [2.05, 4.69) is 0 Å². The fourth-order valence-electron chi connectivity index (χ4n) is 1.47. The van der Waals surface area contributed by atoms with Crippen LogP contribution in [0.3, 0.4) is 0 Å². The summed E-state index contributed by atoms with van der Waals surface area (Å²) in [7, 11) is 0. The Morgan fingerprint density at radius 2 is 1.80 bits per heavy atom. The summed E-state index contributed by atoms with van der Waals surface area (Å²) in [4.78, 5) is 0. The Hall–Kier alpha value is -0.210. The molecule has 0 bridgehead atoms. The molecular weight excluding hydrogens is 141 g/mol. The molecule has 0 aliphatic heterocycles. The molecule has 0 spiro atoms. The molecule has 0 heterocycles. The van der Waals surface area contributed by atoms with Gasteiger partial charge in [-0.3, -0.25) is 0 Å². The predicted molar refractivity (Wildman–Crippen MR) is 32.6 cm³/mol. The Balaban J connectivity index is 2.60. The maximum atomic E-state index is 12.0. The van der Waals surface area contributed by atoms with Crippen LogP contribution in [0.25, 0.3) is 0 Å². The minimum absolute atomic E-state index is 0.316.